The fourth-order valence-corrected chi connectivity index (χ4v) is 4.55. The monoisotopic (exact) mass is 453 g/mol. The smallest absolute Gasteiger partial charge is 0.232 e. The van der Waals surface area contributed by atoms with Crippen LogP contribution in [0.25, 0.3) is 27.7 Å². The quantitative estimate of drug-likeness (QED) is 0.430. The number of pyridine rings is 1. The number of hydrogen-bond donors (Lipinski definition) is 1. The molecule has 0 amide bonds. The van der Waals surface area contributed by atoms with Gasteiger partial charge in [-0.25, -0.2) is 18.9 Å². The lowest BCUT2D eigenvalue weighted by atomic mass is 10.0. The first-order valence-electron chi connectivity index (χ1n) is 11.1. The van der Waals surface area contributed by atoms with Gasteiger partial charge in [0, 0.05) is 24.5 Å². The number of rotatable bonds is 5. The summed E-state index contributed by atoms with van der Waals surface area (Å²) in [7, 11) is 0. The lowest BCUT2D eigenvalue weighted by Crippen LogP contribution is -2.14. The van der Waals surface area contributed by atoms with Crippen LogP contribution in [0.5, 0.6) is 11.6 Å². The van der Waals surface area contributed by atoms with E-state index in [9.17, 15) is 4.39 Å². The molecule has 1 saturated heterocycles. The summed E-state index contributed by atoms with van der Waals surface area (Å²) in [5, 5.41) is 17.6. The number of hydrogen-bond acceptors (Lipinski definition) is 6. The number of nitrogens with one attached hydrogen (secondary N) is 1. The molecule has 1 atom stereocenters. The number of aromatic nitrogens is 5. The van der Waals surface area contributed by atoms with Crippen LogP contribution in [-0.2, 0) is 6.54 Å². The number of fused-ring (bicyclic) bond motifs is 2. The summed E-state index contributed by atoms with van der Waals surface area (Å²) in [6.07, 6.45) is 8.02. The van der Waals surface area contributed by atoms with E-state index in [-0.39, 0.29) is 5.56 Å². The van der Waals surface area contributed by atoms with Crippen molar-refractivity contribution >= 4 is 16.6 Å². The summed E-state index contributed by atoms with van der Waals surface area (Å²) in [5.41, 5.74) is 2.90. The topological polar surface area (TPSA) is 93.1 Å². The minimum atomic E-state index is -0.567. The second-order valence-electron chi connectivity index (χ2n) is 8.38. The molecule has 168 valence electrons. The Hall–Kier alpha value is -4.29. The third kappa shape index (κ3) is 3.45. The van der Waals surface area contributed by atoms with Crippen LogP contribution in [0.15, 0.2) is 61.3 Å². The van der Waals surface area contributed by atoms with Crippen molar-refractivity contribution < 1.29 is 9.13 Å². The Morgan fingerprint density at radius 1 is 1.24 bits per heavy atom. The van der Waals surface area contributed by atoms with Gasteiger partial charge in [-0.05, 0) is 55.3 Å². The Kier molecular flexibility index (Phi) is 4.93. The van der Waals surface area contributed by atoms with Gasteiger partial charge in [0.25, 0.3) is 0 Å². The predicted octanol–water partition coefficient (Wildman–Crippen LogP) is 4.16. The van der Waals surface area contributed by atoms with E-state index in [1.54, 1.807) is 16.8 Å². The van der Waals surface area contributed by atoms with E-state index in [1.165, 1.54) is 18.5 Å². The van der Waals surface area contributed by atoms with E-state index in [0.29, 0.717) is 34.1 Å². The molecule has 0 aliphatic carbocycles. The van der Waals surface area contributed by atoms with Gasteiger partial charge in [-0.2, -0.15) is 10.4 Å². The molecule has 9 heteroatoms. The Labute approximate surface area is 194 Å². The van der Waals surface area contributed by atoms with E-state index in [4.69, 9.17) is 10.00 Å². The van der Waals surface area contributed by atoms with Crippen molar-refractivity contribution in [2.75, 3.05) is 13.1 Å². The Balaban J connectivity index is 1.52. The zero-order valence-electron chi connectivity index (χ0n) is 18.1. The van der Waals surface area contributed by atoms with E-state index in [2.05, 4.69) is 25.0 Å². The van der Waals surface area contributed by atoms with Crippen LogP contribution in [0.2, 0.25) is 0 Å². The van der Waals surface area contributed by atoms with Crippen molar-refractivity contribution in [3.8, 4) is 28.8 Å². The Bertz CT molecular complexity index is 1560. The highest BCUT2D eigenvalue weighted by Gasteiger charge is 2.22. The van der Waals surface area contributed by atoms with Gasteiger partial charge in [-0.15, -0.1) is 0 Å². The average Bonchev–Trinajstić information content (AvgIpc) is 3.60. The van der Waals surface area contributed by atoms with E-state index in [1.807, 2.05) is 36.7 Å². The molecule has 4 aromatic heterocycles. The van der Waals surface area contributed by atoms with Crippen molar-refractivity contribution in [2.24, 2.45) is 5.92 Å². The van der Waals surface area contributed by atoms with Crippen LogP contribution in [0.4, 0.5) is 4.39 Å². The van der Waals surface area contributed by atoms with Crippen molar-refractivity contribution in [1.29, 1.82) is 5.26 Å². The molecule has 0 saturated carbocycles. The van der Waals surface area contributed by atoms with Crippen LogP contribution in [0, 0.1) is 23.1 Å². The number of benzene rings is 1. The fraction of sp³-hybridized carbons (Fsp3) is 0.200. The molecule has 1 aliphatic rings. The van der Waals surface area contributed by atoms with E-state index >= 15 is 0 Å². The molecule has 1 aromatic carbocycles. The van der Waals surface area contributed by atoms with Crippen LogP contribution < -0.4 is 10.1 Å². The van der Waals surface area contributed by atoms with Crippen LogP contribution in [0.3, 0.4) is 0 Å². The summed E-state index contributed by atoms with van der Waals surface area (Å²) >= 11 is 0. The molecular weight excluding hydrogens is 433 g/mol. The number of nitriles is 1. The maximum atomic E-state index is 14.5. The molecule has 8 nitrogen and oxygen atoms in total. The zero-order valence-corrected chi connectivity index (χ0v) is 18.1. The minimum Gasteiger partial charge on any atom is -0.434 e. The molecule has 6 rings (SSSR count). The molecule has 0 spiro atoms. The molecule has 5 heterocycles. The molecule has 1 aliphatic heterocycles. The Morgan fingerprint density at radius 2 is 2.18 bits per heavy atom. The molecule has 34 heavy (non-hydrogen) atoms. The third-order valence-electron chi connectivity index (χ3n) is 6.23. The first-order chi connectivity index (χ1) is 16.7. The van der Waals surface area contributed by atoms with Crippen molar-refractivity contribution in [2.45, 2.75) is 13.0 Å². The first-order valence-corrected chi connectivity index (χ1v) is 11.1. The van der Waals surface area contributed by atoms with Crippen LogP contribution in [0.1, 0.15) is 12.0 Å². The largest absolute Gasteiger partial charge is 0.434 e. The van der Waals surface area contributed by atoms with Crippen molar-refractivity contribution in [3.05, 3.63) is 72.7 Å². The maximum Gasteiger partial charge on any atom is 0.232 e. The standard InChI is InChI=1S/C25H20FN7O/c26-20-9-17(4-5-18(20)10-27)19-14-32(13-16-6-7-28-11-16)24-23(19)25(30-15-29-24)34-22-12-31-33-8-2-1-3-21(22)33/h1-5,8-9,12,14-16,28H,6-7,11,13H2. The first kappa shape index (κ1) is 20.3. The molecule has 0 bridgehead atoms. The summed E-state index contributed by atoms with van der Waals surface area (Å²) in [4.78, 5) is 9.00. The molecule has 5 aromatic rings. The Morgan fingerprint density at radius 3 is 3.00 bits per heavy atom. The minimum absolute atomic E-state index is 0.00333. The summed E-state index contributed by atoms with van der Waals surface area (Å²) in [6.45, 7) is 2.71. The SMILES string of the molecule is N#Cc1ccc(-c2cn(CC3CCNC3)c3ncnc(Oc4cnn5ccccc45)c23)cc1F. The summed E-state index contributed by atoms with van der Waals surface area (Å²) in [6, 6.07) is 12.2. The van der Waals surface area contributed by atoms with Crippen LogP contribution >= 0.6 is 0 Å². The highest BCUT2D eigenvalue weighted by molar-refractivity contribution is 5.98. The van der Waals surface area contributed by atoms with Gasteiger partial charge >= 0.3 is 0 Å². The van der Waals surface area contributed by atoms with Gasteiger partial charge in [-0.1, -0.05) is 12.1 Å². The van der Waals surface area contributed by atoms with Crippen LogP contribution in [-0.4, -0.2) is 37.2 Å². The highest BCUT2D eigenvalue weighted by atomic mass is 19.1. The summed E-state index contributed by atoms with van der Waals surface area (Å²) in [5.74, 6) is 0.833. The number of ether oxygens (including phenoxy) is 1. The highest BCUT2D eigenvalue weighted by Crippen LogP contribution is 2.38. The maximum absolute atomic E-state index is 14.5. The molecule has 1 N–H and O–H groups in total. The molecular formula is C25H20FN7O. The van der Waals surface area contributed by atoms with Gasteiger partial charge in [0.05, 0.1) is 17.1 Å². The van der Waals surface area contributed by atoms with Gasteiger partial charge in [0.15, 0.2) is 5.75 Å². The van der Waals surface area contributed by atoms with Gasteiger partial charge < -0.3 is 14.6 Å². The number of nitrogens with zero attached hydrogens (tertiary/aromatic N) is 6. The zero-order chi connectivity index (χ0) is 23.1. The van der Waals surface area contributed by atoms with E-state index < -0.39 is 5.82 Å². The van der Waals surface area contributed by atoms with Crippen molar-refractivity contribution in [1.82, 2.24) is 29.5 Å². The van der Waals surface area contributed by atoms with Gasteiger partial charge in [0.1, 0.15) is 29.4 Å². The second kappa shape index (κ2) is 8.24. The van der Waals surface area contributed by atoms with E-state index in [0.717, 1.165) is 37.1 Å². The molecule has 1 fully saturated rings. The molecule has 0 radical (unpaired) electrons. The fourth-order valence-electron chi connectivity index (χ4n) is 4.55. The average molecular weight is 453 g/mol. The normalized spacial score (nSPS) is 15.7. The van der Waals surface area contributed by atoms with Gasteiger partial charge in [-0.3, -0.25) is 0 Å². The lowest BCUT2D eigenvalue weighted by Gasteiger charge is -2.10. The van der Waals surface area contributed by atoms with Gasteiger partial charge in [0.2, 0.25) is 5.88 Å². The second-order valence-corrected chi connectivity index (χ2v) is 8.38. The summed E-state index contributed by atoms with van der Waals surface area (Å²) < 4.78 is 24.6. The third-order valence-corrected chi connectivity index (χ3v) is 6.23. The number of halogens is 1. The van der Waals surface area contributed by atoms with Crippen molar-refractivity contribution in [3.63, 3.8) is 0 Å². The lowest BCUT2D eigenvalue weighted by molar-refractivity contribution is 0.471. The predicted molar refractivity (Wildman–Crippen MR) is 124 cm³/mol. The molecule has 1 unspecified atom stereocenters.